The van der Waals surface area contributed by atoms with Gasteiger partial charge in [0, 0.05) is 55.3 Å². The van der Waals surface area contributed by atoms with Gasteiger partial charge in [0.05, 0.1) is 20.8 Å². The first-order valence-corrected chi connectivity index (χ1v) is 14.2. The molecule has 0 bridgehead atoms. The number of carbonyl (C=O) groups excluding carboxylic acids is 2. The number of likely N-dealkylation sites (N-methyl/N-ethyl adjacent to an activating group) is 1. The van der Waals surface area contributed by atoms with Crippen LogP contribution in [0, 0.1) is 11.6 Å². The van der Waals surface area contributed by atoms with E-state index in [1.54, 1.807) is 23.2 Å². The summed E-state index contributed by atoms with van der Waals surface area (Å²) in [6.45, 7) is 1.24. The first kappa shape index (κ1) is 30.7. The zero-order chi connectivity index (χ0) is 31.4. The Morgan fingerprint density at radius 1 is 1.09 bits per heavy atom. The van der Waals surface area contributed by atoms with Crippen LogP contribution in [0.5, 0.6) is 11.5 Å². The van der Waals surface area contributed by atoms with Crippen molar-refractivity contribution < 1.29 is 27.8 Å². The minimum atomic E-state index is -1.03. The van der Waals surface area contributed by atoms with Crippen LogP contribution in [0.4, 0.5) is 36.7 Å². The van der Waals surface area contributed by atoms with E-state index in [0.29, 0.717) is 43.9 Å². The summed E-state index contributed by atoms with van der Waals surface area (Å²) in [6.07, 6.45) is 5.77. The minimum Gasteiger partial charge on any atom is -0.493 e. The molecule has 13 heteroatoms. The third-order valence-corrected chi connectivity index (χ3v) is 7.56. The maximum absolute atomic E-state index is 15.6. The molecule has 3 amide bonds. The summed E-state index contributed by atoms with van der Waals surface area (Å²) in [4.78, 5) is 42.3. The number of piperidine rings is 1. The van der Waals surface area contributed by atoms with Crippen molar-refractivity contribution in [2.24, 2.45) is 0 Å². The van der Waals surface area contributed by atoms with E-state index in [1.165, 1.54) is 19.1 Å². The van der Waals surface area contributed by atoms with Crippen LogP contribution in [0.1, 0.15) is 18.4 Å². The van der Waals surface area contributed by atoms with Crippen LogP contribution in [0.15, 0.2) is 54.7 Å². The number of rotatable bonds is 9. The second-order valence-electron chi connectivity index (χ2n) is 10.8. The summed E-state index contributed by atoms with van der Waals surface area (Å²) in [5.74, 6) is -2.10. The number of halogens is 2. The van der Waals surface area contributed by atoms with Crippen molar-refractivity contribution in [1.82, 2.24) is 19.8 Å². The molecular weight excluding hydrogens is 572 g/mol. The number of benzene rings is 2. The Morgan fingerprint density at radius 2 is 1.75 bits per heavy atom. The van der Waals surface area contributed by atoms with Crippen molar-refractivity contribution in [3.8, 4) is 11.5 Å². The number of aromatic nitrogens is 2. The van der Waals surface area contributed by atoms with Gasteiger partial charge in [0.15, 0.2) is 23.1 Å². The van der Waals surface area contributed by atoms with Gasteiger partial charge in [-0.05, 0) is 39.1 Å². The maximum Gasteiger partial charge on any atom is 0.330 e. The standard InChI is InChI=1S/C31H35F2N7O4/c1-37(2)14-8-11-25(41)38-15-12-22(13-16-38)40-29-20(18-34-30(36-29)35-21-9-6-5-7-10-21)19-39(31(40)42)28-26(32)23(43-3)17-24(44-4)27(28)33/h5-11,17-18,22H,12-16,19H2,1-4H3,(H,34,35,36)/b11-8+. The van der Waals surface area contributed by atoms with Crippen LogP contribution in [0.3, 0.4) is 0 Å². The fraction of sp³-hybridized carbons (Fsp3) is 0.355. The van der Waals surface area contributed by atoms with Gasteiger partial charge in [-0.1, -0.05) is 24.3 Å². The molecule has 2 aromatic carbocycles. The molecular formula is C31H35F2N7O4. The summed E-state index contributed by atoms with van der Waals surface area (Å²) in [6, 6.07) is 9.36. The largest absolute Gasteiger partial charge is 0.493 e. The number of nitrogens with zero attached hydrogens (tertiary/aromatic N) is 6. The van der Waals surface area contributed by atoms with Crippen LogP contribution in [-0.4, -0.2) is 85.7 Å². The van der Waals surface area contributed by atoms with Crippen LogP contribution < -0.4 is 24.6 Å². The maximum atomic E-state index is 15.6. The smallest absolute Gasteiger partial charge is 0.330 e. The van der Waals surface area contributed by atoms with Crippen molar-refractivity contribution in [3.63, 3.8) is 0 Å². The van der Waals surface area contributed by atoms with E-state index < -0.39 is 29.4 Å². The lowest BCUT2D eigenvalue weighted by molar-refractivity contribution is -0.127. The van der Waals surface area contributed by atoms with Crippen LogP contribution in [0.2, 0.25) is 0 Å². The molecule has 0 unspecified atom stereocenters. The van der Waals surface area contributed by atoms with Gasteiger partial charge in [0.25, 0.3) is 0 Å². The zero-order valence-electron chi connectivity index (χ0n) is 25.1. The number of nitrogens with one attached hydrogen (secondary N) is 1. The van der Waals surface area contributed by atoms with Gasteiger partial charge in [0.1, 0.15) is 11.5 Å². The fourth-order valence-electron chi connectivity index (χ4n) is 5.31. The first-order valence-electron chi connectivity index (χ1n) is 14.2. The molecule has 1 fully saturated rings. The number of ether oxygens (including phenoxy) is 2. The molecule has 0 atom stereocenters. The number of methoxy groups -OCH3 is 2. The predicted octanol–water partition coefficient (Wildman–Crippen LogP) is 4.57. The molecule has 0 saturated carbocycles. The monoisotopic (exact) mass is 607 g/mol. The second kappa shape index (κ2) is 13.2. The zero-order valence-corrected chi connectivity index (χ0v) is 25.1. The average molecular weight is 608 g/mol. The van der Waals surface area contributed by atoms with Crippen molar-refractivity contribution in [3.05, 3.63) is 71.9 Å². The van der Waals surface area contributed by atoms with Crippen LogP contribution in [-0.2, 0) is 11.3 Å². The minimum absolute atomic E-state index is 0.110. The third-order valence-electron chi connectivity index (χ3n) is 7.56. The van der Waals surface area contributed by atoms with Crippen molar-refractivity contribution in [2.45, 2.75) is 25.4 Å². The van der Waals surface area contributed by atoms with Gasteiger partial charge >= 0.3 is 6.03 Å². The van der Waals surface area contributed by atoms with E-state index in [0.717, 1.165) is 16.7 Å². The molecule has 0 spiro atoms. The highest BCUT2D eigenvalue weighted by Crippen LogP contribution is 2.41. The van der Waals surface area contributed by atoms with Gasteiger partial charge in [-0.2, -0.15) is 4.98 Å². The lowest BCUT2D eigenvalue weighted by Gasteiger charge is -2.43. The Labute approximate surface area is 254 Å². The van der Waals surface area contributed by atoms with E-state index in [2.05, 4.69) is 10.3 Å². The molecule has 1 N–H and O–H groups in total. The molecule has 2 aliphatic rings. The number of anilines is 4. The Morgan fingerprint density at radius 3 is 2.36 bits per heavy atom. The summed E-state index contributed by atoms with van der Waals surface area (Å²) >= 11 is 0. The average Bonchev–Trinajstić information content (AvgIpc) is 3.02. The quantitative estimate of drug-likeness (QED) is 0.353. The molecule has 0 aliphatic carbocycles. The van der Waals surface area contributed by atoms with E-state index in [1.807, 2.05) is 49.3 Å². The highest BCUT2D eigenvalue weighted by molar-refractivity contribution is 6.06. The Hall–Kier alpha value is -4.78. The topological polar surface area (TPSA) is 103 Å². The number of para-hydroxylation sites is 1. The van der Waals surface area contributed by atoms with Crippen molar-refractivity contribution >= 4 is 35.1 Å². The van der Waals surface area contributed by atoms with Gasteiger partial charge in [-0.3, -0.25) is 14.6 Å². The molecule has 0 radical (unpaired) electrons. The second-order valence-corrected chi connectivity index (χ2v) is 10.8. The SMILES string of the molecule is COc1cc(OC)c(F)c(N2Cc3cnc(Nc4ccccc4)nc3N(C3CCN(C(=O)/C=C/CN(C)C)CC3)C2=O)c1F. The van der Waals surface area contributed by atoms with Gasteiger partial charge < -0.3 is 24.6 Å². The number of hydrogen-bond acceptors (Lipinski definition) is 8. The molecule has 2 aliphatic heterocycles. The molecule has 11 nitrogen and oxygen atoms in total. The Balaban J connectivity index is 1.50. The van der Waals surface area contributed by atoms with E-state index in [-0.39, 0.29) is 29.9 Å². The number of carbonyl (C=O) groups is 2. The van der Waals surface area contributed by atoms with Gasteiger partial charge in [-0.25, -0.2) is 18.6 Å². The molecule has 5 rings (SSSR count). The summed E-state index contributed by atoms with van der Waals surface area (Å²) in [5, 5.41) is 3.14. The number of amides is 3. The summed E-state index contributed by atoms with van der Waals surface area (Å²) in [7, 11) is 6.33. The van der Waals surface area contributed by atoms with Gasteiger partial charge in [0.2, 0.25) is 11.9 Å². The fourth-order valence-corrected chi connectivity index (χ4v) is 5.31. The van der Waals surface area contributed by atoms with Crippen molar-refractivity contribution in [2.75, 3.05) is 63.1 Å². The summed E-state index contributed by atoms with van der Waals surface area (Å²) in [5.41, 5.74) is 0.658. The highest BCUT2D eigenvalue weighted by Gasteiger charge is 2.41. The van der Waals surface area contributed by atoms with Crippen molar-refractivity contribution in [1.29, 1.82) is 0 Å². The number of likely N-dealkylation sites (tertiary alicyclic amines) is 1. The molecule has 3 aromatic rings. The highest BCUT2D eigenvalue weighted by atomic mass is 19.1. The number of urea groups is 1. The van der Waals surface area contributed by atoms with Crippen LogP contribution >= 0.6 is 0 Å². The first-order chi connectivity index (χ1) is 21.2. The van der Waals surface area contributed by atoms with Crippen LogP contribution in [0.25, 0.3) is 0 Å². The normalized spacial score (nSPS) is 15.6. The Bertz CT molecular complexity index is 1520. The van der Waals surface area contributed by atoms with E-state index in [4.69, 9.17) is 14.5 Å². The lowest BCUT2D eigenvalue weighted by Crippen LogP contribution is -2.56. The molecule has 1 aromatic heterocycles. The molecule has 1 saturated heterocycles. The van der Waals surface area contributed by atoms with Gasteiger partial charge in [-0.15, -0.1) is 0 Å². The number of hydrogen-bond donors (Lipinski definition) is 1. The summed E-state index contributed by atoms with van der Waals surface area (Å²) < 4.78 is 41.5. The van der Waals surface area contributed by atoms with E-state index >= 15 is 8.78 Å². The predicted molar refractivity (Wildman–Crippen MR) is 163 cm³/mol. The molecule has 3 heterocycles. The molecule has 44 heavy (non-hydrogen) atoms. The molecule has 232 valence electrons. The lowest BCUT2D eigenvalue weighted by atomic mass is 10.0. The number of fused-ring (bicyclic) bond motifs is 1. The Kier molecular flexibility index (Phi) is 9.23. The third kappa shape index (κ3) is 6.27. The van der Waals surface area contributed by atoms with E-state index in [9.17, 15) is 9.59 Å².